The van der Waals surface area contributed by atoms with E-state index in [-0.39, 0.29) is 5.82 Å². The second-order valence-corrected chi connectivity index (χ2v) is 6.41. The molecule has 0 aliphatic carbocycles. The number of nitrogens with one attached hydrogen (secondary N) is 1. The van der Waals surface area contributed by atoms with Crippen LogP contribution in [0.5, 0.6) is 5.75 Å². The van der Waals surface area contributed by atoms with E-state index in [1.807, 2.05) is 6.92 Å². The van der Waals surface area contributed by atoms with E-state index in [1.54, 1.807) is 12.1 Å². The molecular weight excluding hydrogens is 323 g/mol. The number of aromatic nitrogens is 2. The second kappa shape index (κ2) is 8.92. The monoisotopic (exact) mass is 348 g/mol. The van der Waals surface area contributed by atoms with Crippen molar-refractivity contribution in [2.24, 2.45) is 0 Å². The van der Waals surface area contributed by atoms with Crippen molar-refractivity contribution >= 4 is 0 Å². The molecule has 3 rings (SSSR count). The van der Waals surface area contributed by atoms with Crippen LogP contribution in [0.4, 0.5) is 4.39 Å². The molecule has 1 aliphatic heterocycles. The standard InChI is InChI=1S/C18H25FN4O2/c1-14-21-18(22-25-14)13-23-10-2-4-16(12-23)20-9-3-11-24-17-7-5-15(19)6-8-17/h5-8,16,20H,2-4,9-13H2,1H3/t16-/m0/s1. The average molecular weight is 348 g/mol. The van der Waals surface area contributed by atoms with Crippen molar-refractivity contribution in [3.8, 4) is 5.75 Å². The molecule has 136 valence electrons. The summed E-state index contributed by atoms with van der Waals surface area (Å²) in [6.07, 6.45) is 3.26. The highest BCUT2D eigenvalue weighted by Gasteiger charge is 2.20. The lowest BCUT2D eigenvalue weighted by Crippen LogP contribution is -2.45. The minimum absolute atomic E-state index is 0.244. The number of piperidine rings is 1. The van der Waals surface area contributed by atoms with E-state index in [0.717, 1.165) is 38.4 Å². The van der Waals surface area contributed by atoms with Crippen LogP contribution in [0, 0.1) is 12.7 Å². The van der Waals surface area contributed by atoms with Crippen molar-refractivity contribution in [3.05, 3.63) is 41.8 Å². The Labute approximate surface area is 147 Å². The minimum Gasteiger partial charge on any atom is -0.494 e. The number of benzene rings is 1. The van der Waals surface area contributed by atoms with Gasteiger partial charge in [0.15, 0.2) is 5.82 Å². The summed E-state index contributed by atoms with van der Waals surface area (Å²) < 4.78 is 23.5. The molecule has 6 nitrogen and oxygen atoms in total. The minimum atomic E-state index is -0.244. The molecule has 0 radical (unpaired) electrons. The van der Waals surface area contributed by atoms with Gasteiger partial charge in [0.1, 0.15) is 11.6 Å². The van der Waals surface area contributed by atoms with Gasteiger partial charge in [0.2, 0.25) is 5.89 Å². The molecule has 7 heteroatoms. The lowest BCUT2D eigenvalue weighted by atomic mass is 10.1. The van der Waals surface area contributed by atoms with Crippen LogP contribution in [-0.2, 0) is 6.54 Å². The molecule has 1 aromatic carbocycles. The van der Waals surface area contributed by atoms with E-state index in [4.69, 9.17) is 9.26 Å². The molecule has 2 aromatic rings. The van der Waals surface area contributed by atoms with Crippen LogP contribution in [0.1, 0.15) is 31.0 Å². The molecule has 0 saturated carbocycles. The fraction of sp³-hybridized carbons (Fsp3) is 0.556. The van der Waals surface area contributed by atoms with Gasteiger partial charge >= 0.3 is 0 Å². The van der Waals surface area contributed by atoms with E-state index in [9.17, 15) is 4.39 Å². The summed E-state index contributed by atoms with van der Waals surface area (Å²) in [5, 5.41) is 7.56. The molecule has 1 N–H and O–H groups in total. The molecule has 1 aliphatic rings. The van der Waals surface area contributed by atoms with E-state index in [1.165, 1.54) is 25.0 Å². The zero-order valence-electron chi connectivity index (χ0n) is 14.6. The third-order valence-electron chi connectivity index (χ3n) is 4.28. The SMILES string of the molecule is Cc1nc(CN2CCC[C@H](NCCCOc3ccc(F)cc3)C2)no1. The number of nitrogens with zero attached hydrogens (tertiary/aromatic N) is 3. The highest BCUT2D eigenvalue weighted by atomic mass is 19.1. The maximum atomic E-state index is 12.8. The number of ether oxygens (including phenoxy) is 1. The Balaban J connectivity index is 1.32. The first kappa shape index (κ1) is 17.8. The fourth-order valence-corrected chi connectivity index (χ4v) is 3.07. The van der Waals surface area contributed by atoms with Crippen molar-refractivity contribution in [2.75, 3.05) is 26.2 Å². The first-order valence-electron chi connectivity index (χ1n) is 8.82. The largest absolute Gasteiger partial charge is 0.494 e. The van der Waals surface area contributed by atoms with Crippen LogP contribution < -0.4 is 10.1 Å². The summed E-state index contributed by atoms with van der Waals surface area (Å²) >= 11 is 0. The number of halogens is 1. The predicted octanol–water partition coefficient (Wildman–Crippen LogP) is 2.54. The second-order valence-electron chi connectivity index (χ2n) is 6.41. The Morgan fingerprint density at radius 1 is 1.36 bits per heavy atom. The van der Waals surface area contributed by atoms with E-state index < -0.39 is 0 Å². The first-order valence-corrected chi connectivity index (χ1v) is 8.82. The Bertz CT molecular complexity index is 647. The molecule has 0 amide bonds. The summed E-state index contributed by atoms with van der Waals surface area (Å²) in [6, 6.07) is 6.61. The summed E-state index contributed by atoms with van der Waals surface area (Å²) in [5.41, 5.74) is 0. The highest BCUT2D eigenvalue weighted by molar-refractivity contribution is 5.21. The van der Waals surface area contributed by atoms with Gasteiger partial charge in [0.05, 0.1) is 13.2 Å². The van der Waals surface area contributed by atoms with Crippen molar-refractivity contribution < 1.29 is 13.7 Å². The van der Waals surface area contributed by atoms with E-state index in [2.05, 4.69) is 20.4 Å². The van der Waals surface area contributed by atoms with Gasteiger partial charge in [-0.15, -0.1) is 0 Å². The Kier molecular flexibility index (Phi) is 6.36. The summed E-state index contributed by atoms with van der Waals surface area (Å²) in [5.74, 6) is 1.83. The lowest BCUT2D eigenvalue weighted by molar-refractivity contribution is 0.176. The molecule has 25 heavy (non-hydrogen) atoms. The molecule has 2 heterocycles. The molecule has 1 fully saturated rings. The molecular formula is C18H25FN4O2. The van der Waals surface area contributed by atoms with Gasteiger partial charge in [-0.3, -0.25) is 4.90 Å². The molecule has 1 aromatic heterocycles. The quantitative estimate of drug-likeness (QED) is 0.740. The third kappa shape index (κ3) is 5.79. The number of rotatable bonds is 8. The van der Waals surface area contributed by atoms with Crippen LogP contribution in [0.15, 0.2) is 28.8 Å². The van der Waals surface area contributed by atoms with Gasteiger partial charge in [-0.1, -0.05) is 5.16 Å². The molecule has 0 spiro atoms. The molecule has 0 unspecified atom stereocenters. The molecule has 0 bridgehead atoms. The lowest BCUT2D eigenvalue weighted by Gasteiger charge is -2.32. The van der Waals surface area contributed by atoms with Crippen LogP contribution in [0.25, 0.3) is 0 Å². The Hall–Kier alpha value is -1.99. The summed E-state index contributed by atoms with van der Waals surface area (Å²) in [4.78, 5) is 6.63. The van der Waals surface area contributed by atoms with Crippen LogP contribution in [-0.4, -0.2) is 47.3 Å². The number of likely N-dealkylation sites (tertiary alicyclic amines) is 1. The smallest absolute Gasteiger partial charge is 0.223 e. The number of hydrogen-bond donors (Lipinski definition) is 1. The van der Waals surface area contributed by atoms with E-state index in [0.29, 0.717) is 24.3 Å². The maximum absolute atomic E-state index is 12.8. The van der Waals surface area contributed by atoms with Crippen LogP contribution in [0.2, 0.25) is 0 Å². The topological polar surface area (TPSA) is 63.4 Å². The van der Waals surface area contributed by atoms with Crippen molar-refractivity contribution in [2.45, 2.75) is 38.8 Å². The van der Waals surface area contributed by atoms with Gasteiger partial charge in [0.25, 0.3) is 0 Å². The number of hydrogen-bond acceptors (Lipinski definition) is 6. The van der Waals surface area contributed by atoms with Crippen molar-refractivity contribution in [3.63, 3.8) is 0 Å². The predicted molar refractivity (Wildman–Crippen MR) is 91.8 cm³/mol. The van der Waals surface area contributed by atoms with Crippen LogP contribution >= 0.6 is 0 Å². The molecule has 1 atom stereocenters. The Morgan fingerprint density at radius 3 is 2.96 bits per heavy atom. The Morgan fingerprint density at radius 2 is 2.20 bits per heavy atom. The highest BCUT2D eigenvalue weighted by Crippen LogP contribution is 2.13. The van der Waals surface area contributed by atoms with Crippen LogP contribution in [0.3, 0.4) is 0 Å². The zero-order valence-corrected chi connectivity index (χ0v) is 14.6. The maximum Gasteiger partial charge on any atom is 0.223 e. The van der Waals surface area contributed by atoms with E-state index >= 15 is 0 Å². The summed E-state index contributed by atoms with van der Waals surface area (Å²) in [6.45, 7) is 6.14. The van der Waals surface area contributed by atoms with Gasteiger partial charge in [-0.05, 0) is 56.6 Å². The first-order chi connectivity index (χ1) is 12.2. The fourth-order valence-electron chi connectivity index (χ4n) is 3.07. The molecule has 1 saturated heterocycles. The van der Waals surface area contributed by atoms with Gasteiger partial charge in [-0.25, -0.2) is 4.39 Å². The number of aryl methyl sites for hydroxylation is 1. The summed E-state index contributed by atoms with van der Waals surface area (Å²) in [7, 11) is 0. The average Bonchev–Trinajstić information content (AvgIpc) is 3.01. The van der Waals surface area contributed by atoms with Gasteiger partial charge in [0, 0.05) is 19.5 Å². The van der Waals surface area contributed by atoms with Gasteiger partial charge in [-0.2, -0.15) is 4.98 Å². The third-order valence-corrected chi connectivity index (χ3v) is 4.28. The normalized spacial score (nSPS) is 18.4. The zero-order chi connectivity index (χ0) is 17.5. The van der Waals surface area contributed by atoms with Crippen molar-refractivity contribution in [1.29, 1.82) is 0 Å². The van der Waals surface area contributed by atoms with Gasteiger partial charge < -0.3 is 14.6 Å². The van der Waals surface area contributed by atoms with Crippen molar-refractivity contribution in [1.82, 2.24) is 20.4 Å².